The normalized spacial score (nSPS) is 10.3. The van der Waals surface area contributed by atoms with Gasteiger partial charge in [-0.25, -0.2) is 0 Å². The summed E-state index contributed by atoms with van der Waals surface area (Å²) in [7, 11) is 0. The molecule has 2 heteroatoms. The molecule has 0 heterocycles. The number of thiol groups is 1. The third-order valence-corrected chi connectivity index (χ3v) is 5.13. The molecule has 0 amide bonds. The maximum absolute atomic E-state index is 5.37. The lowest BCUT2D eigenvalue weighted by molar-refractivity contribution is 0.556. The highest BCUT2D eigenvalue weighted by atomic mass is 32.1. The van der Waals surface area contributed by atoms with Gasteiger partial charge < -0.3 is 5.73 Å². The van der Waals surface area contributed by atoms with Gasteiger partial charge in [-0.2, -0.15) is 0 Å². The fraction of sp³-hybridized carbons (Fsp3) is 0.520. The summed E-state index contributed by atoms with van der Waals surface area (Å²) in [6.45, 7) is 2.89. The fourth-order valence-electron chi connectivity index (χ4n) is 3.09. The van der Waals surface area contributed by atoms with Crippen LogP contribution >= 0.6 is 12.6 Å². The van der Waals surface area contributed by atoms with Crippen LogP contribution in [0.1, 0.15) is 82.3 Å². The average Bonchev–Trinajstić information content (AvgIpc) is 2.71. The summed E-state index contributed by atoms with van der Waals surface area (Å²) in [5.41, 5.74) is 8.02. The number of aryl methyl sites for hydroxylation is 1. The molecule has 2 rings (SSSR count). The predicted octanol–water partition coefficient (Wildman–Crippen LogP) is 7.58. The zero-order valence-electron chi connectivity index (χ0n) is 17.2. The molecular formula is C25H39NS. The van der Waals surface area contributed by atoms with E-state index in [9.17, 15) is 0 Å². The van der Waals surface area contributed by atoms with Crippen LogP contribution in [-0.2, 0) is 13.0 Å². The van der Waals surface area contributed by atoms with Gasteiger partial charge in [-0.3, -0.25) is 0 Å². The first-order valence-corrected chi connectivity index (χ1v) is 11.2. The lowest BCUT2D eigenvalue weighted by Gasteiger charge is -2.03. The van der Waals surface area contributed by atoms with Gasteiger partial charge in [0, 0.05) is 11.4 Å². The summed E-state index contributed by atoms with van der Waals surface area (Å²) in [6.07, 6.45) is 15.5. The Bertz CT molecular complexity index is 550. The molecule has 0 aliphatic heterocycles. The molecule has 2 N–H and O–H groups in total. The quantitative estimate of drug-likeness (QED) is 0.286. The fourth-order valence-corrected chi connectivity index (χ4v) is 3.24. The summed E-state index contributed by atoms with van der Waals surface area (Å²) in [5.74, 6) is 0. The largest absolute Gasteiger partial charge is 0.326 e. The zero-order valence-corrected chi connectivity index (χ0v) is 18.1. The lowest BCUT2D eigenvalue weighted by atomic mass is 10.0. The number of rotatable bonds is 12. The van der Waals surface area contributed by atoms with E-state index in [2.05, 4.69) is 49.9 Å². The highest BCUT2D eigenvalue weighted by molar-refractivity contribution is 7.80. The van der Waals surface area contributed by atoms with Gasteiger partial charge in [0.2, 0.25) is 0 Å². The van der Waals surface area contributed by atoms with Gasteiger partial charge in [-0.1, -0.05) is 107 Å². The maximum Gasteiger partial charge on any atom is 0.0178 e. The molecule has 0 radical (unpaired) electrons. The van der Waals surface area contributed by atoms with Crippen LogP contribution in [0, 0.1) is 0 Å². The van der Waals surface area contributed by atoms with E-state index in [1.165, 1.54) is 76.2 Å². The van der Waals surface area contributed by atoms with Crippen molar-refractivity contribution in [3.8, 4) is 0 Å². The van der Waals surface area contributed by atoms with Gasteiger partial charge >= 0.3 is 0 Å². The van der Waals surface area contributed by atoms with E-state index < -0.39 is 0 Å². The van der Waals surface area contributed by atoms with Gasteiger partial charge in [0.15, 0.2) is 0 Å². The second-order valence-corrected chi connectivity index (χ2v) is 7.80. The Kier molecular flexibility index (Phi) is 14.9. The second kappa shape index (κ2) is 16.9. The van der Waals surface area contributed by atoms with Crippen LogP contribution in [0.2, 0.25) is 0 Å². The predicted molar refractivity (Wildman–Crippen MR) is 124 cm³/mol. The highest BCUT2D eigenvalue weighted by Crippen LogP contribution is 2.12. The average molecular weight is 386 g/mol. The molecule has 1 nitrogen and oxygen atoms in total. The molecule has 0 aliphatic carbocycles. The molecule has 27 heavy (non-hydrogen) atoms. The number of hydrogen-bond donors (Lipinski definition) is 2. The summed E-state index contributed by atoms with van der Waals surface area (Å²) in [6, 6.07) is 18.7. The van der Waals surface area contributed by atoms with Gasteiger partial charge in [0.05, 0.1) is 0 Å². The van der Waals surface area contributed by atoms with Crippen molar-refractivity contribution < 1.29 is 0 Å². The van der Waals surface area contributed by atoms with Crippen LogP contribution in [-0.4, -0.2) is 0 Å². The van der Waals surface area contributed by atoms with Crippen molar-refractivity contribution in [2.75, 3.05) is 0 Å². The number of hydrogen-bond acceptors (Lipinski definition) is 2. The highest BCUT2D eigenvalue weighted by Gasteiger charge is 1.94. The van der Waals surface area contributed by atoms with Crippen LogP contribution in [0.4, 0.5) is 0 Å². The van der Waals surface area contributed by atoms with Crippen molar-refractivity contribution in [3.05, 3.63) is 65.7 Å². The Labute approximate surface area is 173 Å². The molecule has 0 aliphatic rings. The summed E-state index contributed by atoms with van der Waals surface area (Å²) >= 11 is 4.13. The van der Waals surface area contributed by atoms with Gasteiger partial charge in [-0.05, 0) is 36.1 Å². The summed E-state index contributed by atoms with van der Waals surface area (Å²) < 4.78 is 0. The smallest absolute Gasteiger partial charge is 0.0178 e. The van der Waals surface area contributed by atoms with E-state index in [1.807, 2.05) is 24.3 Å². The Morgan fingerprint density at radius 3 is 1.67 bits per heavy atom. The Morgan fingerprint density at radius 1 is 0.630 bits per heavy atom. The standard InChI is InChI=1S/C18H30.C7H9NS/c1-2-3-4-5-6-7-8-9-10-12-15-18-16-13-11-14-17-18;8-5-6-1-3-7(9)4-2-6/h11,13-14,16-17H,2-10,12,15H2,1H3;1-4,9H,5,8H2. The molecule has 0 saturated heterocycles. The van der Waals surface area contributed by atoms with Crippen molar-refractivity contribution >= 4 is 12.6 Å². The molecular weight excluding hydrogens is 346 g/mol. The summed E-state index contributed by atoms with van der Waals surface area (Å²) in [4.78, 5) is 0.979. The molecule has 0 saturated carbocycles. The van der Waals surface area contributed by atoms with Gasteiger partial charge in [-0.15, -0.1) is 12.6 Å². The molecule has 0 spiro atoms. The molecule has 2 aromatic carbocycles. The van der Waals surface area contributed by atoms with Gasteiger partial charge in [0.1, 0.15) is 0 Å². The monoisotopic (exact) mass is 385 g/mol. The van der Waals surface area contributed by atoms with Crippen molar-refractivity contribution in [2.24, 2.45) is 5.73 Å². The second-order valence-electron chi connectivity index (χ2n) is 7.29. The molecule has 0 aromatic heterocycles. The van der Waals surface area contributed by atoms with E-state index in [4.69, 9.17) is 5.73 Å². The summed E-state index contributed by atoms with van der Waals surface area (Å²) in [5, 5.41) is 0. The van der Waals surface area contributed by atoms with E-state index in [-0.39, 0.29) is 0 Å². The van der Waals surface area contributed by atoms with E-state index >= 15 is 0 Å². The third-order valence-electron chi connectivity index (χ3n) is 4.83. The van der Waals surface area contributed by atoms with Crippen molar-refractivity contribution in [2.45, 2.75) is 89.0 Å². The molecule has 0 bridgehead atoms. The number of benzene rings is 2. The molecule has 150 valence electrons. The van der Waals surface area contributed by atoms with Crippen LogP contribution in [0.3, 0.4) is 0 Å². The first-order valence-electron chi connectivity index (χ1n) is 10.8. The Hall–Kier alpha value is -1.25. The zero-order chi connectivity index (χ0) is 19.6. The number of nitrogens with two attached hydrogens (primary N) is 1. The van der Waals surface area contributed by atoms with Crippen LogP contribution in [0.25, 0.3) is 0 Å². The van der Waals surface area contributed by atoms with Gasteiger partial charge in [0.25, 0.3) is 0 Å². The van der Waals surface area contributed by atoms with Crippen molar-refractivity contribution in [1.82, 2.24) is 0 Å². The van der Waals surface area contributed by atoms with E-state index in [1.54, 1.807) is 0 Å². The van der Waals surface area contributed by atoms with Crippen LogP contribution in [0.5, 0.6) is 0 Å². The van der Waals surface area contributed by atoms with Crippen molar-refractivity contribution in [3.63, 3.8) is 0 Å². The van der Waals surface area contributed by atoms with Crippen LogP contribution in [0.15, 0.2) is 59.5 Å². The number of unbranched alkanes of at least 4 members (excludes halogenated alkanes) is 9. The third kappa shape index (κ3) is 13.5. The van der Waals surface area contributed by atoms with Crippen molar-refractivity contribution in [1.29, 1.82) is 0 Å². The first-order chi connectivity index (χ1) is 13.3. The Balaban J connectivity index is 0.000000337. The minimum atomic E-state index is 0.605. The molecule has 0 fully saturated rings. The Morgan fingerprint density at radius 2 is 1.15 bits per heavy atom. The minimum absolute atomic E-state index is 0.605. The SMILES string of the molecule is CCCCCCCCCCCCc1ccccc1.NCc1ccc(S)cc1. The first kappa shape index (κ1) is 23.8. The minimum Gasteiger partial charge on any atom is -0.326 e. The maximum atomic E-state index is 5.37. The van der Waals surface area contributed by atoms with E-state index in [0.29, 0.717) is 6.54 Å². The molecule has 2 aromatic rings. The van der Waals surface area contributed by atoms with E-state index in [0.717, 1.165) is 10.5 Å². The van der Waals surface area contributed by atoms with Crippen LogP contribution < -0.4 is 5.73 Å². The topological polar surface area (TPSA) is 26.0 Å². The molecule has 0 unspecified atom stereocenters. The lowest BCUT2D eigenvalue weighted by Crippen LogP contribution is -1.94. The molecule has 0 atom stereocenters.